The molecule has 1 aliphatic rings. The molecule has 1 aromatic carbocycles. The molecule has 3 N–H and O–H groups in total. The van der Waals surface area contributed by atoms with Gasteiger partial charge in [-0.2, -0.15) is 0 Å². The van der Waals surface area contributed by atoms with Crippen molar-refractivity contribution in [3.05, 3.63) is 29.8 Å². The van der Waals surface area contributed by atoms with Crippen molar-refractivity contribution in [2.75, 3.05) is 12.4 Å². The minimum absolute atomic E-state index is 0.0264. The molecule has 0 radical (unpaired) electrons. The zero-order valence-electron chi connectivity index (χ0n) is 14.8. The first-order valence-corrected chi connectivity index (χ1v) is 9.38. The minimum Gasteiger partial charge on any atom is -0.359 e. The first-order valence-electron chi connectivity index (χ1n) is 8.97. The topological polar surface area (TPSA) is 70.2 Å². The van der Waals surface area contributed by atoms with E-state index >= 15 is 0 Å². The molecule has 0 bridgehead atoms. The molecular weight excluding hydrogens is 334 g/mol. The van der Waals surface area contributed by atoms with Crippen LogP contribution >= 0.6 is 12.2 Å². The lowest BCUT2D eigenvalue weighted by Crippen LogP contribution is -2.34. The van der Waals surface area contributed by atoms with Crippen molar-refractivity contribution in [2.24, 2.45) is 5.92 Å². The Morgan fingerprint density at radius 3 is 2.40 bits per heavy atom. The normalized spacial score (nSPS) is 14.6. The number of carbonyl (C=O) groups is 2. The molecule has 136 valence electrons. The summed E-state index contributed by atoms with van der Waals surface area (Å²) in [5.41, 5.74) is 1.71. The third-order valence-corrected chi connectivity index (χ3v) is 4.82. The van der Waals surface area contributed by atoms with Crippen molar-refractivity contribution in [1.29, 1.82) is 0 Å². The molecule has 6 heteroatoms. The summed E-state index contributed by atoms with van der Waals surface area (Å²) < 4.78 is 0. The quantitative estimate of drug-likeness (QED) is 0.681. The summed E-state index contributed by atoms with van der Waals surface area (Å²) in [6.45, 7) is 0. The van der Waals surface area contributed by atoms with E-state index < -0.39 is 0 Å². The van der Waals surface area contributed by atoms with Crippen LogP contribution < -0.4 is 16.0 Å². The predicted molar refractivity (Wildman–Crippen MR) is 104 cm³/mol. The van der Waals surface area contributed by atoms with E-state index in [1.54, 1.807) is 7.05 Å². The number of likely N-dealkylation sites (N-methyl/N-ethyl adjacent to an activating group) is 1. The Hall–Kier alpha value is -1.95. The lowest BCUT2D eigenvalue weighted by Gasteiger charge is -2.21. The molecule has 1 saturated carbocycles. The van der Waals surface area contributed by atoms with Gasteiger partial charge in [-0.3, -0.25) is 9.59 Å². The third kappa shape index (κ3) is 7.22. The van der Waals surface area contributed by atoms with Crippen LogP contribution in [0.1, 0.15) is 50.5 Å². The number of hydrogen-bond donors (Lipinski definition) is 3. The Bertz CT molecular complexity index is 595. The molecule has 0 heterocycles. The summed E-state index contributed by atoms with van der Waals surface area (Å²) in [6.07, 6.45) is 8.24. The van der Waals surface area contributed by atoms with Crippen molar-refractivity contribution < 1.29 is 9.59 Å². The molecule has 25 heavy (non-hydrogen) atoms. The second kappa shape index (κ2) is 10.1. The lowest BCUT2D eigenvalue weighted by atomic mass is 9.86. The van der Waals surface area contributed by atoms with E-state index in [1.807, 2.05) is 24.3 Å². The van der Waals surface area contributed by atoms with Gasteiger partial charge in [0, 0.05) is 19.2 Å². The molecule has 2 rings (SSSR count). The Kier molecular flexibility index (Phi) is 7.85. The van der Waals surface area contributed by atoms with Gasteiger partial charge in [0.2, 0.25) is 11.8 Å². The highest BCUT2D eigenvalue weighted by atomic mass is 32.1. The van der Waals surface area contributed by atoms with Gasteiger partial charge in [-0.15, -0.1) is 0 Å². The van der Waals surface area contributed by atoms with E-state index in [0.717, 1.165) is 17.7 Å². The average Bonchev–Trinajstić information content (AvgIpc) is 2.62. The summed E-state index contributed by atoms with van der Waals surface area (Å²) in [4.78, 5) is 23.4. The smallest absolute Gasteiger partial charge is 0.226 e. The number of thiocarbonyl (C=S) groups is 1. The van der Waals surface area contributed by atoms with Gasteiger partial charge in [-0.25, -0.2) is 0 Å². The molecule has 1 fully saturated rings. The number of amides is 2. The van der Waals surface area contributed by atoms with E-state index in [0.29, 0.717) is 23.9 Å². The highest BCUT2D eigenvalue weighted by molar-refractivity contribution is 7.80. The van der Waals surface area contributed by atoms with Crippen molar-refractivity contribution in [3.8, 4) is 0 Å². The van der Waals surface area contributed by atoms with Crippen LogP contribution in [0.2, 0.25) is 0 Å². The lowest BCUT2D eigenvalue weighted by molar-refractivity contribution is -0.120. The first kappa shape index (κ1) is 19.4. The highest BCUT2D eigenvalue weighted by Crippen LogP contribution is 2.27. The number of rotatable bonds is 6. The zero-order chi connectivity index (χ0) is 18.1. The van der Waals surface area contributed by atoms with Gasteiger partial charge in [0.15, 0.2) is 5.11 Å². The minimum atomic E-state index is -0.0284. The van der Waals surface area contributed by atoms with Gasteiger partial charge in [-0.05, 0) is 42.3 Å². The van der Waals surface area contributed by atoms with Gasteiger partial charge >= 0.3 is 0 Å². The molecule has 0 aromatic heterocycles. The Morgan fingerprint density at radius 2 is 1.76 bits per heavy atom. The van der Waals surface area contributed by atoms with Crippen LogP contribution in [-0.2, 0) is 16.0 Å². The fourth-order valence-electron chi connectivity index (χ4n) is 3.14. The van der Waals surface area contributed by atoms with E-state index in [-0.39, 0.29) is 11.8 Å². The standard InChI is InChI=1S/C19H27N3O2S/c1-20-18(24)13-15-7-10-16(11-8-15)21-19(25)22-17(23)12-9-14-5-3-2-4-6-14/h7-8,10-11,14H,2-6,9,12-13H2,1H3,(H,20,24)(H2,21,22,23,25). The Morgan fingerprint density at radius 1 is 1.08 bits per heavy atom. The molecule has 1 aromatic rings. The summed E-state index contributed by atoms with van der Waals surface area (Å²) >= 11 is 5.20. The molecule has 0 unspecified atom stereocenters. The molecule has 5 nitrogen and oxygen atoms in total. The summed E-state index contributed by atoms with van der Waals surface area (Å²) in [7, 11) is 1.62. The summed E-state index contributed by atoms with van der Waals surface area (Å²) in [6, 6.07) is 7.42. The number of anilines is 1. The molecule has 0 saturated heterocycles. The van der Waals surface area contributed by atoms with Crippen LogP contribution in [0.5, 0.6) is 0 Å². The van der Waals surface area contributed by atoms with Crippen LogP contribution in [0, 0.1) is 5.92 Å². The van der Waals surface area contributed by atoms with Gasteiger partial charge in [0.25, 0.3) is 0 Å². The van der Waals surface area contributed by atoms with Gasteiger partial charge in [-0.1, -0.05) is 44.2 Å². The van der Waals surface area contributed by atoms with Gasteiger partial charge < -0.3 is 16.0 Å². The first-order chi connectivity index (χ1) is 12.1. The van der Waals surface area contributed by atoms with Crippen molar-refractivity contribution in [3.63, 3.8) is 0 Å². The summed E-state index contributed by atoms with van der Waals surface area (Å²) in [5, 5.41) is 8.65. The largest absolute Gasteiger partial charge is 0.359 e. The van der Waals surface area contributed by atoms with Crippen molar-refractivity contribution >= 4 is 34.8 Å². The average molecular weight is 362 g/mol. The van der Waals surface area contributed by atoms with Crippen LogP contribution in [0.15, 0.2) is 24.3 Å². The van der Waals surface area contributed by atoms with Gasteiger partial charge in [0.05, 0.1) is 6.42 Å². The Labute approximate surface area is 155 Å². The fourth-order valence-corrected chi connectivity index (χ4v) is 3.37. The second-order valence-electron chi connectivity index (χ2n) is 6.59. The number of carbonyl (C=O) groups excluding carboxylic acids is 2. The molecular formula is C19H27N3O2S. The molecule has 2 amide bonds. The van der Waals surface area contributed by atoms with Crippen LogP contribution in [0.4, 0.5) is 5.69 Å². The maximum absolute atomic E-state index is 12.0. The van der Waals surface area contributed by atoms with Crippen molar-refractivity contribution in [2.45, 2.75) is 51.4 Å². The van der Waals surface area contributed by atoms with Crippen LogP contribution in [-0.4, -0.2) is 24.0 Å². The van der Waals surface area contributed by atoms with Crippen LogP contribution in [0.3, 0.4) is 0 Å². The summed E-state index contributed by atoms with van der Waals surface area (Å²) in [5.74, 6) is 0.634. The van der Waals surface area contributed by atoms with Crippen LogP contribution in [0.25, 0.3) is 0 Å². The monoisotopic (exact) mass is 361 g/mol. The Balaban J connectivity index is 1.71. The van der Waals surface area contributed by atoms with E-state index in [9.17, 15) is 9.59 Å². The molecule has 0 atom stereocenters. The van der Waals surface area contributed by atoms with E-state index in [4.69, 9.17) is 12.2 Å². The van der Waals surface area contributed by atoms with Crippen molar-refractivity contribution in [1.82, 2.24) is 10.6 Å². The third-order valence-electron chi connectivity index (χ3n) is 4.61. The van der Waals surface area contributed by atoms with E-state index in [2.05, 4.69) is 16.0 Å². The maximum Gasteiger partial charge on any atom is 0.226 e. The number of hydrogen-bond acceptors (Lipinski definition) is 3. The highest BCUT2D eigenvalue weighted by Gasteiger charge is 2.15. The predicted octanol–water partition coefficient (Wildman–Crippen LogP) is 3.15. The molecule has 0 spiro atoms. The SMILES string of the molecule is CNC(=O)Cc1ccc(NC(=S)NC(=O)CCC2CCCCC2)cc1. The van der Waals surface area contributed by atoms with E-state index in [1.165, 1.54) is 32.1 Å². The number of nitrogens with one attached hydrogen (secondary N) is 3. The zero-order valence-corrected chi connectivity index (χ0v) is 15.6. The molecule has 1 aliphatic carbocycles. The molecule has 0 aliphatic heterocycles. The fraction of sp³-hybridized carbons (Fsp3) is 0.526. The van der Waals surface area contributed by atoms with Gasteiger partial charge in [0.1, 0.15) is 0 Å². The maximum atomic E-state index is 12.0. The number of benzene rings is 1. The second-order valence-corrected chi connectivity index (χ2v) is 7.00.